The first-order valence-corrected chi connectivity index (χ1v) is 4.37. The molecule has 1 aromatic rings. The topological polar surface area (TPSA) is 61.7 Å². The zero-order chi connectivity index (χ0) is 9.97. The van der Waals surface area contributed by atoms with Gasteiger partial charge < -0.3 is 10.4 Å². The molecule has 1 aliphatic heterocycles. The number of hydrogen-bond acceptors (Lipinski definition) is 3. The summed E-state index contributed by atoms with van der Waals surface area (Å²) in [7, 11) is 0. The van der Waals surface area contributed by atoms with Crippen LogP contribution in [0.2, 0.25) is 0 Å². The van der Waals surface area contributed by atoms with E-state index in [0.29, 0.717) is 6.54 Å². The van der Waals surface area contributed by atoms with Crippen LogP contribution >= 0.6 is 0 Å². The molecule has 1 aromatic carbocycles. The summed E-state index contributed by atoms with van der Waals surface area (Å²) < 4.78 is 0. The van der Waals surface area contributed by atoms with Gasteiger partial charge in [0.05, 0.1) is 24.3 Å². The number of nitrogens with one attached hydrogen (secondary N) is 1. The first-order valence-electron chi connectivity index (χ1n) is 4.37. The van der Waals surface area contributed by atoms with Gasteiger partial charge >= 0.3 is 5.97 Å². The maximum absolute atomic E-state index is 10.5. The first kappa shape index (κ1) is 8.74. The molecular formula is C10H10N2O2. The maximum atomic E-state index is 10.5. The van der Waals surface area contributed by atoms with E-state index in [0.717, 1.165) is 16.9 Å². The van der Waals surface area contributed by atoms with Crippen molar-refractivity contribution in [2.24, 2.45) is 4.99 Å². The Balaban J connectivity index is 2.30. The van der Waals surface area contributed by atoms with Gasteiger partial charge in [-0.15, -0.1) is 0 Å². The smallest absolute Gasteiger partial charge is 0.307 e. The summed E-state index contributed by atoms with van der Waals surface area (Å²) in [5.41, 5.74) is 2.57. The van der Waals surface area contributed by atoms with Gasteiger partial charge in [0.15, 0.2) is 0 Å². The predicted octanol–water partition coefficient (Wildman–Crippen LogP) is 1.44. The highest BCUT2D eigenvalue weighted by Gasteiger charge is 2.07. The van der Waals surface area contributed by atoms with E-state index in [1.54, 1.807) is 12.3 Å². The van der Waals surface area contributed by atoms with E-state index in [1.807, 2.05) is 12.1 Å². The molecule has 14 heavy (non-hydrogen) atoms. The van der Waals surface area contributed by atoms with Crippen LogP contribution in [0.4, 0.5) is 11.4 Å². The SMILES string of the molecule is O=C(O)Cc1ccc2c(c1)NCC=N2. The zero-order valence-corrected chi connectivity index (χ0v) is 7.53. The van der Waals surface area contributed by atoms with Gasteiger partial charge in [0.25, 0.3) is 0 Å². The van der Waals surface area contributed by atoms with E-state index in [-0.39, 0.29) is 6.42 Å². The van der Waals surface area contributed by atoms with Crippen molar-refractivity contribution in [3.05, 3.63) is 23.8 Å². The summed E-state index contributed by atoms with van der Waals surface area (Å²) >= 11 is 0. The van der Waals surface area contributed by atoms with Gasteiger partial charge in [0.1, 0.15) is 0 Å². The Morgan fingerprint density at radius 1 is 1.57 bits per heavy atom. The Kier molecular flexibility index (Phi) is 2.18. The Morgan fingerprint density at radius 2 is 2.43 bits per heavy atom. The van der Waals surface area contributed by atoms with E-state index >= 15 is 0 Å². The number of rotatable bonds is 2. The number of aliphatic carboxylic acids is 1. The summed E-state index contributed by atoms with van der Waals surface area (Å²) in [6.45, 7) is 0.698. The van der Waals surface area contributed by atoms with Crippen molar-refractivity contribution < 1.29 is 9.90 Å². The van der Waals surface area contributed by atoms with Gasteiger partial charge in [-0.05, 0) is 17.7 Å². The standard InChI is InChI=1S/C10H10N2O2/c13-10(14)6-7-1-2-8-9(5-7)12-4-3-11-8/h1-3,5,12H,4,6H2,(H,13,14). The van der Waals surface area contributed by atoms with E-state index < -0.39 is 5.97 Å². The van der Waals surface area contributed by atoms with E-state index in [2.05, 4.69) is 10.3 Å². The van der Waals surface area contributed by atoms with Crippen LogP contribution < -0.4 is 5.32 Å². The minimum Gasteiger partial charge on any atom is -0.481 e. The number of anilines is 1. The van der Waals surface area contributed by atoms with Crippen LogP contribution in [-0.4, -0.2) is 23.8 Å². The van der Waals surface area contributed by atoms with Crippen molar-refractivity contribution in [3.8, 4) is 0 Å². The average Bonchev–Trinajstić information content (AvgIpc) is 2.17. The highest BCUT2D eigenvalue weighted by Crippen LogP contribution is 2.27. The number of carbonyl (C=O) groups is 1. The molecule has 72 valence electrons. The number of fused-ring (bicyclic) bond motifs is 1. The molecule has 0 aliphatic carbocycles. The molecule has 0 bridgehead atoms. The Hall–Kier alpha value is -1.84. The van der Waals surface area contributed by atoms with Crippen molar-refractivity contribution in [1.82, 2.24) is 0 Å². The number of benzene rings is 1. The minimum absolute atomic E-state index is 0.0542. The van der Waals surface area contributed by atoms with Gasteiger partial charge in [-0.2, -0.15) is 0 Å². The molecule has 0 aromatic heterocycles. The summed E-state index contributed by atoms with van der Waals surface area (Å²) in [5.74, 6) is -0.815. The van der Waals surface area contributed by atoms with Crippen molar-refractivity contribution >= 4 is 23.6 Å². The number of nitrogens with zero attached hydrogens (tertiary/aromatic N) is 1. The zero-order valence-electron chi connectivity index (χ0n) is 7.53. The normalized spacial score (nSPS) is 13.1. The Morgan fingerprint density at radius 3 is 3.21 bits per heavy atom. The van der Waals surface area contributed by atoms with Crippen molar-refractivity contribution in [3.63, 3.8) is 0 Å². The van der Waals surface area contributed by atoms with E-state index in [1.165, 1.54) is 0 Å². The van der Waals surface area contributed by atoms with E-state index in [9.17, 15) is 4.79 Å². The molecule has 0 saturated carbocycles. The molecule has 0 fully saturated rings. The fourth-order valence-corrected chi connectivity index (χ4v) is 1.42. The number of carboxylic acids is 1. The monoisotopic (exact) mass is 190 g/mol. The minimum atomic E-state index is -0.815. The molecular weight excluding hydrogens is 180 g/mol. The van der Waals surface area contributed by atoms with Crippen LogP contribution in [0.5, 0.6) is 0 Å². The molecule has 2 rings (SSSR count). The molecule has 0 spiro atoms. The van der Waals surface area contributed by atoms with Gasteiger partial charge in [-0.25, -0.2) is 0 Å². The van der Waals surface area contributed by atoms with Crippen LogP contribution in [0.1, 0.15) is 5.56 Å². The molecule has 0 radical (unpaired) electrons. The average molecular weight is 190 g/mol. The lowest BCUT2D eigenvalue weighted by Gasteiger charge is -2.12. The fourth-order valence-electron chi connectivity index (χ4n) is 1.42. The van der Waals surface area contributed by atoms with Gasteiger partial charge in [-0.1, -0.05) is 6.07 Å². The lowest BCUT2D eigenvalue weighted by atomic mass is 10.1. The summed E-state index contributed by atoms with van der Waals surface area (Å²) in [6.07, 6.45) is 1.85. The first-order chi connectivity index (χ1) is 6.75. The second-order valence-corrected chi connectivity index (χ2v) is 3.11. The van der Waals surface area contributed by atoms with Crippen LogP contribution in [0.15, 0.2) is 23.2 Å². The maximum Gasteiger partial charge on any atom is 0.307 e. The summed E-state index contributed by atoms with van der Waals surface area (Å²) in [5, 5.41) is 11.8. The fraction of sp³-hybridized carbons (Fsp3) is 0.200. The number of hydrogen-bond donors (Lipinski definition) is 2. The lowest BCUT2D eigenvalue weighted by Crippen LogP contribution is -2.08. The Labute approximate surface area is 81.3 Å². The third-order valence-corrected chi connectivity index (χ3v) is 2.03. The molecule has 0 amide bonds. The molecule has 0 saturated heterocycles. The van der Waals surface area contributed by atoms with Crippen LogP contribution in [-0.2, 0) is 11.2 Å². The number of carboxylic acid groups (broad SMARTS) is 1. The van der Waals surface area contributed by atoms with Crippen LogP contribution in [0.3, 0.4) is 0 Å². The number of aliphatic imine (C=N–C) groups is 1. The predicted molar refractivity (Wildman–Crippen MR) is 54.4 cm³/mol. The molecule has 0 atom stereocenters. The third kappa shape index (κ3) is 1.74. The molecule has 4 nitrogen and oxygen atoms in total. The summed E-state index contributed by atoms with van der Waals surface area (Å²) in [6, 6.07) is 5.45. The highest BCUT2D eigenvalue weighted by atomic mass is 16.4. The van der Waals surface area contributed by atoms with Crippen molar-refractivity contribution in [2.75, 3.05) is 11.9 Å². The second kappa shape index (κ2) is 3.49. The Bertz CT molecular complexity index is 399. The molecule has 0 unspecified atom stereocenters. The van der Waals surface area contributed by atoms with Crippen LogP contribution in [0.25, 0.3) is 0 Å². The summed E-state index contributed by atoms with van der Waals surface area (Å²) in [4.78, 5) is 14.7. The molecule has 1 aliphatic rings. The van der Waals surface area contributed by atoms with E-state index in [4.69, 9.17) is 5.11 Å². The van der Waals surface area contributed by atoms with Crippen LogP contribution in [0, 0.1) is 0 Å². The van der Waals surface area contributed by atoms with Gasteiger partial charge in [0, 0.05) is 6.21 Å². The third-order valence-electron chi connectivity index (χ3n) is 2.03. The quantitative estimate of drug-likeness (QED) is 0.741. The lowest BCUT2D eigenvalue weighted by molar-refractivity contribution is -0.136. The molecule has 1 heterocycles. The second-order valence-electron chi connectivity index (χ2n) is 3.11. The largest absolute Gasteiger partial charge is 0.481 e. The van der Waals surface area contributed by atoms with Crippen molar-refractivity contribution in [1.29, 1.82) is 0 Å². The molecule has 4 heteroatoms. The highest BCUT2D eigenvalue weighted by molar-refractivity contribution is 5.81. The van der Waals surface area contributed by atoms with Gasteiger partial charge in [-0.3, -0.25) is 9.79 Å². The van der Waals surface area contributed by atoms with Crippen molar-refractivity contribution in [2.45, 2.75) is 6.42 Å². The molecule has 2 N–H and O–H groups in total. The van der Waals surface area contributed by atoms with Gasteiger partial charge in [0.2, 0.25) is 0 Å².